The van der Waals surface area contributed by atoms with Crippen molar-refractivity contribution < 1.29 is 14.7 Å². The average molecular weight is 247 g/mol. The molecule has 1 N–H and O–H groups in total. The second-order valence-corrected chi connectivity index (χ2v) is 4.62. The van der Waals surface area contributed by atoms with Gasteiger partial charge >= 0.3 is 0 Å². The lowest BCUT2D eigenvalue weighted by Crippen LogP contribution is -2.48. The van der Waals surface area contributed by atoms with Gasteiger partial charge in [-0.1, -0.05) is 30.3 Å². The quantitative estimate of drug-likeness (QED) is 0.805. The van der Waals surface area contributed by atoms with E-state index in [1.165, 1.54) is 0 Å². The number of hydrogen-bond acceptors (Lipinski definition) is 4. The van der Waals surface area contributed by atoms with Crippen LogP contribution in [0.4, 0.5) is 0 Å². The highest BCUT2D eigenvalue weighted by Crippen LogP contribution is 2.26. The zero-order valence-electron chi connectivity index (χ0n) is 10.1. The SMILES string of the molecule is O=CC1CCC(O)CN1C(C=O)c1ccccc1. The molecule has 1 aromatic rings. The maximum atomic E-state index is 11.3. The lowest BCUT2D eigenvalue weighted by molar-refractivity contribution is -0.121. The molecule has 18 heavy (non-hydrogen) atoms. The van der Waals surface area contributed by atoms with Crippen LogP contribution in [0, 0.1) is 0 Å². The van der Waals surface area contributed by atoms with E-state index in [0.717, 1.165) is 18.1 Å². The van der Waals surface area contributed by atoms with Crippen LogP contribution >= 0.6 is 0 Å². The number of aliphatic hydroxyl groups is 1. The molecule has 0 amide bonds. The average Bonchev–Trinajstić information content (AvgIpc) is 2.41. The largest absolute Gasteiger partial charge is 0.392 e. The van der Waals surface area contributed by atoms with Gasteiger partial charge in [0.1, 0.15) is 12.6 Å². The number of aldehydes is 2. The van der Waals surface area contributed by atoms with Crippen LogP contribution in [0.1, 0.15) is 24.4 Å². The van der Waals surface area contributed by atoms with E-state index in [1.807, 2.05) is 30.3 Å². The van der Waals surface area contributed by atoms with Gasteiger partial charge in [0.2, 0.25) is 0 Å². The van der Waals surface area contributed by atoms with Gasteiger partial charge in [0.25, 0.3) is 0 Å². The van der Waals surface area contributed by atoms with Gasteiger partial charge in [-0.3, -0.25) is 4.90 Å². The first kappa shape index (κ1) is 12.9. The van der Waals surface area contributed by atoms with Gasteiger partial charge in [-0.15, -0.1) is 0 Å². The molecule has 1 aliphatic rings. The van der Waals surface area contributed by atoms with E-state index in [2.05, 4.69) is 0 Å². The number of aliphatic hydroxyl groups excluding tert-OH is 1. The molecule has 96 valence electrons. The number of β-amino-alcohol motifs (C(OH)–C–C–N with tert-alkyl or cyclic N) is 1. The Morgan fingerprint density at radius 3 is 2.56 bits per heavy atom. The van der Waals surface area contributed by atoms with Crippen molar-refractivity contribution in [3.63, 3.8) is 0 Å². The summed E-state index contributed by atoms with van der Waals surface area (Å²) in [5.41, 5.74) is 0.855. The second-order valence-electron chi connectivity index (χ2n) is 4.62. The van der Waals surface area contributed by atoms with Crippen LogP contribution in [0.15, 0.2) is 30.3 Å². The molecule has 0 saturated carbocycles. The summed E-state index contributed by atoms with van der Waals surface area (Å²) in [6, 6.07) is 8.59. The molecule has 3 unspecified atom stereocenters. The number of benzene rings is 1. The molecule has 1 aromatic carbocycles. The minimum atomic E-state index is -0.465. The van der Waals surface area contributed by atoms with Crippen LogP contribution in [0.25, 0.3) is 0 Å². The Morgan fingerprint density at radius 2 is 1.94 bits per heavy atom. The zero-order valence-corrected chi connectivity index (χ0v) is 10.1. The number of carbonyl (C=O) groups is 2. The normalized spacial score (nSPS) is 26.5. The van der Waals surface area contributed by atoms with Crippen LogP contribution in [0.5, 0.6) is 0 Å². The topological polar surface area (TPSA) is 57.6 Å². The summed E-state index contributed by atoms with van der Waals surface area (Å²) in [5.74, 6) is 0. The number of hydrogen-bond donors (Lipinski definition) is 1. The van der Waals surface area contributed by atoms with Crippen molar-refractivity contribution in [2.45, 2.75) is 31.0 Å². The van der Waals surface area contributed by atoms with E-state index in [1.54, 1.807) is 4.90 Å². The van der Waals surface area contributed by atoms with Gasteiger partial charge in [-0.05, 0) is 18.4 Å². The first-order valence-corrected chi connectivity index (χ1v) is 6.15. The third kappa shape index (κ3) is 2.66. The predicted octanol–water partition coefficient (Wildman–Crippen LogP) is 0.951. The lowest BCUT2D eigenvalue weighted by atomic mass is 9.96. The molecule has 1 aliphatic heterocycles. The first-order valence-electron chi connectivity index (χ1n) is 6.15. The van der Waals surface area contributed by atoms with Crippen LogP contribution < -0.4 is 0 Å². The molecule has 4 nitrogen and oxygen atoms in total. The van der Waals surface area contributed by atoms with Gasteiger partial charge in [0, 0.05) is 6.54 Å². The molecule has 2 rings (SSSR count). The Labute approximate surface area is 106 Å². The summed E-state index contributed by atoms with van der Waals surface area (Å²) >= 11 is 0. The highest BCUT2D eigenvalue weighted by Gasteiger charge is 2.32. The van der Waals surface area contributed by atoms with E-state index in [9.17, 15) is 14.7 Å². The van der Waals surface area contributed by atoms with Crippen molar-refractivity contribution >= 4 is 12.6 Å². The van der Waals surface area contributed by atoms with E-state index in [4.69, 9.17) is 0 Å². The molecule has 3 atom stereocenters. The second kappa shape index (κ2) is 5.89. The summed E-state index contributed by atoms with van der Waals surface area (Å²) in [6.07, 6.45) is 2.45. The fraction of sp³-hybridized carbons (Fsp3) is 0.429. The summed E-state index contributed by atoms with van der Waals surface area (Å²) in [7, 11) is 0. The van der Waals surface area contributed by atoms with Crippen molar-refractivity contribution in [2.75, 3.05) is 6.54 Å². The molecule has 0 spiro atoms. The number of nitrogens with zero attached hydrogens (tertiary/aromatic N) is 1. The molecule has 1 fully saturated rings. The predicted molar refractivity (Wildman–Crippen MR) is 67.0 cm³/mol. The molecular weight excluding hydrogens is 230 g/mol. The van der Waals surface area contributed by atoms with Crippen molar-refractivity contribution in [3.05, 3.63) is 35.9 Å². The monoisotopic (exact) mass is 247 g/mol. The minimum absolute atomic E-state index is 0.288. The maximum Gasteiger partial charge on any atom is 0.141 e. The molecular formula is C14H17NO3. The van der Waals surface area contributed by atoms with E-state index < -0.39 is 12.1 Å². The standard InChI is InChI=1S/C14H17NO3/c16-9-12-6-7-13(18)8-15(12)14(10-17)11-4-2-1-3-5-11/h1-5,9-10,12-14,18H,6-8H2. The van der Waals surface area contributed by atoms with Gasteiger partial charge in [0.05, 0.1) is 18.2 Å². The Balaban J connectivity index is 2.24. The smallest absolute Gasteiger partial charge is 0.141 e. The number of likely N-dealkylation sites (tertiary alicyclic amines) is 1. The van der Waals surface area contributed by atoms with Gasteiger partial charge in [-0.25, -0.2) is 0 Å². The van der Waals surface area contributed by atoms with Crippen molar-refractivity contribution in [2.24, 2.45) is 0 Å². The molecule has 1 heterocycles. The molecule has 0 aliphatic carbocycles. The summed E-state index contributed by atoms with van der Waals surface area (Å²) < 4.78 is 0. The Kier molecular flexibility index (Phi) is 4.23. The molecule has 0 aromatic heterocycles. The minimum Gasteiger partial charge on any atom is -0.392 e. The Morgan fingerprint density at radius 1 is 1.22 bits per heavy atom. The first-order chi connectivity index (χ1) is 8.76. The summed E-state index contributed by atoms with van der Waals surface area (Å²) in [5, 5.41) is 9.71. The van der Waals surface area contributed by atoms with E-state index >= 15 is 0 Å². The highest BCUT2D eigenvalue weighted by atomic mass is 16.3. The highest BCUT2D eigenvalue weighted by molar-refractivity contribution is 5.65. The van der Waals surface area contributed by atoms with Crippen molar-refractivity contribution in [1.29, 1.82) is 0 Å². The van der Waals surface area contributed by atoms with Crippen LogP contribution in [0.2, 0.25) is 0 Å². The lowest BCUT2D eigenvalue weighted by Gasteiger charge is -2.38. The van der Waals surface area contributed by atoms with Crippen molar-refractivity contribution in [3.8, 4) is 0 Å². The molecule has 1 saturated heterocycles. The van der Waals surface area contributed by atoms with Gasteiger partial charge < -0.3 is 14.7 Å². The Bertz CT molecular complexity index is 407. The molecule has 0 bridgehead atoms. The van der Waals surface area contributed by atoms with Crippen LogP contribution in [0.3, 0.4) is 0 Å². The third-order valence-corrected chi connectivity index (χ3v) is 3.43. The van der Waals surface area contributed by atoms with Crippen LogP contribution in [-0.2, 0) is 9.59 Å². The van der Waals surface area contributed by atoms with E-state index in [0.29, 0.717) is 19.4 Å². The zero-order chi connectivity index (χ0) is 13.0. The van der Waals surface area contributed by atoms with Gasteiger partial charge in [-0.2, -0.15) is 0 Å². The number of rotatable bonds is 4. The summed E-state index contributed by atoms with van der Waals surface area (Å²) in [6.45, 7) is 0.363. The van der Waals surface area contributed by atoms with E-state index in [-0.39, 0.29) is 6.04 Å². The number of carbonyl (C=O) groups excluding carboxylic acids is 2. The maximum absolute atomic E-state index is 11.3. The fourth-order valence-electron chi connectivity index (χ4n) is 2.46. The Hall–Kier alpha value is -1.52. The fourth-order valence-corrected chi connectivity index (χ4v) is 2.46. The molecule has 4 heteroatoms. The van der Waals surface area contributed by atoms with Gasteiger partial charge in [0.15, 0.2) is 0 Å². The number of piperidine rings is 1. The molecule has 0 radical (unpaired) electrons. The van der Waals surface area contributed by atoms with Crippen LogP contribution in [-0.4, -0.2) is 41.3 Å². The summed E-state index contributed by atoms with van der Waals surface area (Å²) in [4.78, 5) is 24.2. The third-order valence-electron chi connectivity index (χ3n) is 3.43. The van der Waals surface area contributed by atoms with Crippen molar-refractivity contribution in [1.82, 2.24) is 4.90 Å².